The van der Waals surface area contributed by atoms with Crippen LogP contribution in [0.2, 0.25) is 0 Å². The van der Waals surface area contributed by atoms with Crippen molar-refractivity contribution in [1.82, 2.24) is 14.1 Å². The number of carbonyl (C=O) groups excluding carboxylic acids is 1. The zero-order valence-electron chi connectivity index (χ0n) is 23.5. The van der Waals surface area contributed by atoms with Gasteiger partial charge < -0.3 is 18.8 Å². The number of ether oxygens (including phenoxy) is 2. The highest BCUT2D eigenvalue weighted by atomic mass is 32.2. The Balaban J connectivity index is 1.52. The van der Waals surface area contributed by atoms with E-state index in [1.807, 2.05) is 18.2 Å². The maximum atomic E-state index is 13.9. The zero-order valence-corrected chi connectivity index (χ0v) is 24.3. The summed E-state index contributed by atoms with van der Waals surface area (Å²) in [5.74, 6) is 0.393. The highest BCUT2D eigenvalue weighted by Gasteiger charge is 2.31. The zero-order chi connectivity index (χ0) is 27.9. The van der Waals surface area contributed by atoms with Gasteiger partial charge in [-0.3, -0.25) is 9.69 Å². The van der Waals surface area contributed by atoms with Crippen LogP contribution in [-0.2, 0) is 36.3 Å². The van der Waals surface area contributed by atoms with Crippen molar-refractivity contribution in [3.63, 3.8) is 0 Å². The second-order valence-electron chi connectivity index (χ2n) is 11.4. The summed E-state index contributed by atoms with van der Waals surface area (Å²) < 4.78 is 45.8. The monoisotopic (exact) mass is 561 g/mol. The van der Waals surface area contributed by atoms with Gasteiger partial charge in [0.25, 0.3) is 0 Å². The molecule has 0 aliphatic carbocycles. The van der Waals surface area contributed by atoms with E-state index in [-0.39, 0.29) is 42.0 Å². The van der Waals surface area contributed by atoms with Crippen LogP contribution in [-0.4, -0.2) is 93.6 Å². The number of carbonyl (C=O) groups is 1. The smallest absolute Gasteiger partial charge is 0.243 e. The summed E-state index contributed by atoms with van der Waals surface area (Å²) >= 11 is 0. The van der Waals surface area contributed by atoms with Gasteiger partial charge in [-0.2, -0.15) is 4.31 Å². The summed E-state index contributed by atoms with van der Waals surface area (Å²) in [4.78, 5) is 17.8. The molecule has 2 saturated heterocycles. The van der Waals surface area contributed by atoms with Gasteiger partial charge in [-0.05, 0) is 61.1 Å². The molecule has 0 bridgehead atoms. The summed E-state index contributed by atoms with van der Waals surface area (Å²) in [6.45, 7) is 11.4. The van der Waals surface area contributed by atoms with Crippen molar-refractivity contribution in [2.24, 2.45) is 0 Å². The molecule has 2 aromatic rings. The summed E-state index contributed by atoms with van der Waals surface area (Å²) in [6, 6.07) is 10.6. The molecule has 1 aromatic carbocycles. The predicted octanol–water partition coefficient (Wildman–Crippen LogP) is 3.50. The lowest BCUT2D eigenvalue weighted by Crippen LogP contribution is -2.46. The molecule has 0 radical (unpaired) electrons. The van der Waals surface area contributed by atoms with Crippen molar-refractivity contribution < 1.29 is 27.1 Å². The quantitative estimate of drug-likeness (QED) is 0.392. The highest BCUT2D eigenvalue weighted by molar-refractivity contribution is 7.89. The lowest BCUT2D eigenvalue weighted by atomic mass is 9.87. The third-order valence-corrected chi connectivity index (χ3v) is 9.24. The normalized spacial score (nSPS) is 19.0. The van der Waals surface area contributed by atoms with Crippen LogP contribution in [0.4, 0.5) is 0 Å². The molecule has 1 amide bonds. The number of sulfonamides is 1. The van der Waals surface area contributed by atoms with Gasteiger partial charge in [0, 0.05) is 32.8 Å². The second-order valence-corrected chi connectivity index (χ2v) is 13.3. The fraction of sp³-hybridized carbons (Fsp3) is 0.621. The molecule has 1 unspecified atom stereocenters. The summed E-state index contributed by atoms with van der Waals surface area (Å²) in [5, 5.41) is 0. The van der Waals surface area contributed by atoms with E-state index in [2.05, 4.69) is 25.7 Å². The molecule has 216 valence electrons. The molecular formula is C29H43N3O6S. The number of morpholine rings is 1. The van der Waals surface area contributed by atoms with Crippen LogP contribution >= 0.6 is 0 Å². The van der Waals surface area contributed by atoms with E-state index in [0.717, 1.165) is 38.0 Å². The van der Waals surface area contributed by atoms with E-state index < -0.39 is 10.0 Å². The van der Waals surface area contributed by atoms with E-state index in [1.165, 1.54) is 4.31 Å². The van der Waals surface area contributed by atoms with Crippen molar-refractivity contribution in [2.75, 3.05) is 59.1 Å². The van der Waals surface area contributed by atoms with E-state index in [0.29, 0.717) is 38.5 Å². The standard InChI is InChI=1S/C29H43N3O6S/c1-29(2,3)24-9-11-27(12-10-24)39(34,35)32(14-6-13-30-15-19-36-20-16-30)23-28(33)31(21-25-7-4-17-37-25)22-26-8-5-18-38-26/h4,7,9-12,17,26H,5-6,8,13-16,18-23H2,1-3H3. The molecule has 9 nitrogen and oxygen atoms in total. The predicted molar refractivity (Wildman–Crippen MR) is 149 cm³/mol. The number of benzene rings is 1. The van der Waals surface area contributed by atoms with Gasteiger partial charge in [0.15, 0.2) is 0 Å². The Labute approximate surface area is 233 Å². The molecule has 1 atom stereocenters. The third kappa shape index (κ3) is 8.38. The minimum Gasteiger partial charge on any atom is -0.467 e. The van der Waals surface area contributed by atoms with Crippen LogP contribution in [0.15, 0.2) is 52.0 Å². The molecular weight excluding hydrogens is 518 g/mol. The van der Waals surface area contributed by atoms with Crippen LogP contribution in [0.25, 0.3) is 0 Å². The Bertz CT molecular complexity index is 1130. The van der Waals surface area contributed by atoms with E-state index in [4.69, 9.17) is 13.9 Å². The SMILES string of the molecule is CC(C)(C)c1ccc(S(=O)(=O)N(CCCN2CCOCC2)CC(=O)N(Cc2ccco2)CC2CCCO2)cc1. The average Bonchev–Trinajstić information content (AvgIpc) is 3.62. The van der Waals surface area contributed by atoms with Crippen LogP contribution in [0.3, 0.4) is 0 Å². The van der Waals surface area contributed by atoms with E-state index in [1.54, 1.807) is 29.4 Å². The topological polar surface area (TPSA) is 92.5 Å². The maximum Gasteiger partial charge on any atom is 0.243 e. The van der Waals surface area contributed by atoms with Crippen molar-refractivity contribution >= 4 is 15.9 Å². The van der Waals surface area contributed by atoms with Gasteiger partial charge in [0.2, 0.25) is 15.9 Å². The van der Waals surface area contributed by atoms with Crippen molar-refractivity contribution in [1.29, 1.82) is 0 Å². The van der Waals surface area contributed by atoms with Crippen molar-refractivity contribution in [3.05, 3.63) is 54.0 Å². The fourth-order valence-corrected chi connectivity index (χ4v) is 6.41. The minimum atomic E-state index is -3.90. The molecule has 0 N–H and O–H groups in total. The summed E-state index contributed by atoms with van der Waals surface area (Å²) in [7, 11) is -3.90. The van der Waals surface area contributed by atoms with Gasteiger partial charge in [-0.25, -0.2) is 8.42 Å². The molecule has 10 heteroatoms. The molecule has 0 spiro atoms. The van der Waals surface area contributed by atoms with Crippen LogP contribution in [0.5, 0.6) is 0 Å². The fourth-order valence-electron chi connectivity index (χ4n) is 4.99. The number of hydrogen-bond donors (Lipinski definition) is 0. The van der Waals surface area contributed by atoms with Crippen LogP contribution < -0.4 is 0 Å². The van der Waals surface area contributed by atoms with Crippen LogP contribution in [0.1, 0.15) is 51.4 Å². The molecule has 3 heterocycles. The number of amides is 1. The third-order valence-electron chi connectivity index (χ3n) is 7.38. The van der Waals surface area contributed by atoms with Gasteiger partial charge >= 0.3 is 0 Å². The van der Waals surface area contributed by atoms with Gasteiger partial charge in [-0.1, -0.05) is 32.9 Å². The van der Waals surface area contributed by atoms with E-state index >= 15 is 0 Å². The largest absolute Gasteiger partial charge is 0.467 e. The number of nitrogens with zero attached hydrogens (tertiary/aromatic N) is 3. The summed E-state index contributed by atoms with van der Waals surface area (Å²) in [6.07, 6.45) is 3.98. The number of hydrogen-bond acceptors (Lipinski definition) is 7. The maximum absolute atomic E-state index is 13.9. The molecule has 2 aliphatic rings. The number of furan rings is 1. The first kappa shape index (κ1) is 29.7. The van der Waals surface area contributed by atoms with E-state index in [9.17, 15) is 13.2 Å². The Morgan fingerprint density at radius 1 is 1.08 bits per heavy atom. The van der Waals surface area contributed by atoms with Gasteiger partial charge in [-0.15, -0.1) is 0 Å². The number of rotatable bonds is 12. The first-order valence-corrected chi connectivity index (χ1v) is 15.4. The Morgan fingerprint density at radius 2 is 1.82 bits per heavy atom. The average molecular weight is 562 g/mol. The molecule has 2 fully saturated rings. The Hall–Kier alpha value is -2.24. The molecule has 2 aliphatic heterocycles. The Kier molecular flexibility index (Phi) is 10.2. The lowest BCUT2D eigenvalue weighted by molar-refractivity contribution is -0.134. The van der Waals surface area contributed by atoms with Crippen molar-refractivity contribution in [3.8, 4) is 0 Å². The van der Waals surface area contributed by atoms with Crippen molar-refractivity contribution in [2.45, 2.75) is 63.0 Å². The Morgan fingerprint density at radius 3 is 2.44 bits per heavy atom. The molecule has 1 aromatic heterocycles. The molecule has 39 heavy (non-hydrogen) atoms. The summed E-state index contributed by atoms with van der Waals surface area (Å²) in [5.41, 5.74) is 0.961. The molecule has 0 saturated carbocycles. The second kappa shape index (κ2) is 13.4. The first-order valence-electron chi connectivity index (χ1n) is 14.0. The highest BCUT2D eigenvalue weighted by Crippen LogP contribution is 2.25. The van der Waals surface area contributed by atoms with Gasteiger partial charge in [0.1, 0.15) is 5.76 Å². The van der Waals surface area contributed by atoms with Gasteiger partial charge in [0.05, 0.1) is 43.6 Å². The lowest BCUT2D eigenvalue weighted by Gasteiger charge is -2.30. The molecule has 4 rings (SSSR count). The minimum absolute atomic E-state index is 0.0553. The first-order chi connectivity index (χ1) is 18.6. The van der Waals surface area contributed by atoms with Crippen LogP contribution in [0, 0.1) is 0 Å².